The van der Waals surface area contributed by atoms with Gasteiger partial charge in [0.15, 0.2) is 0 Å². The SMILES string of the molecule is Cc1cc(Cl)ccc1-c1ccccc1OC(F)(F)F. The molecule has 2 rings (SSSR count). The van der Waals surface area contributed by atoms with Crippen molar-refractivity contribution >= 4 is 11.6 Å². The van der Waals surface area contributed by atoms with Crippen molar-refractivity contribution in [3.8, 4) is 16.9 Å². The molecule has 2 aromatic rings. The Hall–Kier alpha value is -1.68. The van der Waals surface area contributed by atoms with E-state index in [1.165, 1.54) is 12.1 Å². The van der Waals surface area contributed by atoms with E-state index < -0.39 is 6.36 Å². The molecule has 2 aromatic carbocycles. The van der Waals surface area contributed by atoms with Gasteiger partial charge in [-0.1, -0.05) is 35.9 Å². The summed E-state index contributed by atoms with van der Waals surface area (Å²) in [6, 6.07) is 11.0. The lowest BCUT2D eigenvalue weighted by atomic mass is 10.00. The molecular formula is C14H10ClF3O. The molecule has 19 heavy (non-hydrogen) atoms. The maximum absolute atomic E-state index is 12.4. The lowest BCUT2D eigenvalue weighted by Crippen LogP contribution is -2.17. The van der Waals surface area contributed by atoms with Crippen LogP contribution < -0.4 is 4.74 Å². The second-order valence-corrected chi connectivity index (χ2v) is 4.44. The second kappa shape index (κ2) is 5.13. The van der Waals surface area contributed by atoms with Gasteiger partial charge in [0.25, 0.3) is 0 Å². The number of hydrogen-bond donors (Lipinski definition) is 0. The molecule has 0 spiro atoms. The first-order chi connectivity index (χ1) is 8.87. The minimum absolute atomic E-state index is 0.222. The standard InChI is InChI=1S/C14H10ClF3O/c1-9-8-10(15)6-7-11(9)12-4-2-3-5-13(12)19-14(16,17)18/h2-8H,1H3. The fourth-order valence-corrected chi connectivity index (χ4v) is 2.06. The predicted molar refractivity (Wildman–Crippen MR) is 68.3 cm³/mol. The fourth-order valence-electron chi connectivity index (χ4n) is 1.83. The van der Waals surface area contributed by atoms with E-state index >= 15 is 0 Å². The molecule has 0 amide bonds. The highest BCUT2D eigenvalue weighted by Gasteiger charge is 2.32. The molecule has 0 radical (unpaired) electrons. The first kappa shape index (κ1) is 13.7. The molecule has 0 unspecified atom stereocenters. The number of halogens is 4. The third-order valence-corrected chi connectivity index (χ3v) is 2.83. The Labute approximate surface area is 113 Å². The Morgan fingerprint density at radius 3 is 2.32 bits per heavy atom. The van der Waals surface area contributed by atoms with Gasteiger partial charge in [0.05, 0.1) is 0 Å². The Morgan fingerprint density at radius 2 is 1.68 bits per heavy atom. The molecule has 0 saturated heterocycles. The van der Waals surface area contributed by atoms with Gasteiger partial charge in [-0.2, -0.15) is 0 Å². The van der Waals surface area contributed by atoms with Crippen molar-refractivity contribution in [3.05, 3.63) is 53.1 Å². The summed E-state index contributed by atoms with van der Waals surface area (Å²) < 4.78 is 41.1. The van der Waals surface area contributed by atoms with Crippen molar-refractivity contribution in [3.63, 3.8) is 0 Å². The summed E-state index contributed by atoms with van der Waals surface area (Å²) in [6.45, 7) is 1.78. The summed E-state index contributed by atoms with van der Waals surface area (Å²) in [5, 5.41) is 0.537. The predicted octanol–water partition coefficient (Wildman–Crippen LogP) is 5.21. The van der Waals surface area contributed by atoms with Crippen LogP contribution in [0.5, 0.6) is 5.75 Å². The minimum Gasteiger partial charge on any atom is -0.405 e. The molecular weight excluding hydrogens is 277 g/mol. The smallest absolute Gasteiger partial charge is 0.405 e. The van der Waals surface area contributed by atoms with Crippen LogP contribution >= 0.6 is 11.6 Å². The van der Waals surface area contributed by atoms with Gasteiger partial charge in [-0.05, 0) is 36.2 Å². The normalized spacial score (nSPS) is 11.4. The summed E-state index contributed by atoms with van der Waals surface area (Å²) in [7, 11) is 0. The van der Waals surface area contributed by atoms with Gasteiger partial charge in [-0.15, -0.1) is 13.2 Å². The van der Waals surface area contributed by atoms with E-state index in [2.05, 4.69) is 4.74 Å². The average Bonchev–Trinajstić information content (AvgIpc) is 2.28. The van der Waals surface area contributed by atoms with Crippen LogP contribution in [-0.4, -0.2) is 6.36 Å². The van der Waals surface area contributed by atoms with E-state index in [4.69, 9.17) is 11.6 Å². The van der Waals surface area contributed by atoms with Gasteiger partial charge in [-0.3, -0.25) is 0 Å². The fraction of sp³-hybridized carbons (Fsp3) is 0.143. The molecule has 0 N–H and O–H groups in total. The monoisotopic (exact) mass is 286 g/mol. The molecule has 0 aliphatic rings. The maximum atomic E-state index is 12.4. The number of aryl methyl sites for hydroxylation is 1. The molecule has 100 valence electrons. The summed E-state index contributed by atoms with van der Waals surface area (Å²) in [5.41, 5.74) is 1.82. The van der Waals surface area contributed by atoms with Gasteiger partial charge in [-0.25, -0.2) is 0 Å². The van der Waals surface area contributed by atoms with E-state index in [1.54, 1.807) is 37.3 Å². The number of benzene rings is 2. The molecule has 0 aliphatic carbocycles. The quantitative estimate of drug-likeness (QED) is 0.736. The third kappa shape index (κ3) is 3.41. The van der Waals surface area contributed by atoms with E-state index in [-0.39, 0.29) is 5.75 Å². The largest absolute Gasteiger partial charge is 0.573 e. The zero-order valence-corrected chi connectivity index (χ0v) is 10.7. The van der Waals surface area contributed by atoms with Crippen molar-refractivity contribution in [1.29, 1.82) is 0 Å². The lowest BCUT2D eigenvalue weighted by Gasteiger charge is -2.14. The van der Waals surface area contributed by atoms with Crippen LogP contribution in [-0.2, 0) is 0 Å². The highest BCUT2D eigenvalue weighted by Crippen LogP contribution is 2.35. The van der Waals surface area contributed by atoms with Gasteiger partial charge >= 0.3 is 6.36 Å². The van der Waals surface area contributed by atoms with Crippen molar-refractivity contribution in [1.82, 2.24) is 0 Å². The number of para-hydroxylation sites is 1. The zero-order chi connectivity index (χ0) is 14.0. The number of hydrogen-bond acceptors (Lipinski definition) is 1. The van der Waals surface area contributed by atoms with Crippen LogP contribution in [0, 0.1) is 6.92 Å². The first-order valence-corrected chi connectivity index (χ1v) is 5.86. The summed E-state index contributed by atoms with van der Waals surface area (Å²) in [6.07, 6.45) is -4.71. The van der Waals surface area contributed by atoms with Crippen LogP contribution in [0.15, 0.2) is 42.5 Å². The molecule has 1 nitrogen and oxygen atoms in total. The number of rotatable bonds is 2. The van der Waals surface area contributed by atoms with Crippen LogP contribution in [0.4, 0.5) is 13.2 Å². The molecule has 0 aromatic heterocycles. The first-order valence-electron chi connectivity index (χ1n) is 5.48. The third-order valence-electron chi connectivity index (χ3n) is 2.59. The van der Waals surface area contributed by atoms with Crippen LogP contribution in [0.25, 0.3) is 11.1 Å². The zero-order valence-electron chi connectivity index (χ0n) is 9.96. The van der Waals surface area contributed by atoms with E-state index in [9.17, 15) is 13.2 Å². The van der Waals surface area contributed by atoms with Crippen LogP contribution in [0.2, 0.25) is 5.02 Å². The van der Waals surface area contributed by atoms with Crippen molar-refractivity contribution in [2.75, 3.05) is 0 Å². The Balaban J connectivity index is 2.50. The molecule has 0 aliphatic heterocycles. The van der Waals surface area contributed by atoms with E-state index in [1.807, 2.05) is 0 Å². The number of ether oxygens (including phenoxy) is 1. The van der Waals surface area contributed by atoms with Gasteiger partial charge in [0.1, 0.15) is 5.75 Å². The van der Waals surface area contributed by atoms with Crippen molar-refractivity contribution in [2.24, 2.45) is 0 Å². The van der Waals surface area contributed by atoms with Crippen molar-refractivity contribution < 1.29 is 17.9 Å². The molecule has 0 atom stereocenters. The molecule has 0 fully saturated rings. The van der Waals surface area contributed by atoms with Crippen LogP contribution in [0.3, 0.4) is 0 Å². The molecule has 5 heteroatoms. The molecule has 0 saturated carbocycles. The minimum atomic E-state index is -4.71. The maximum Gasteiger partial charge on any atom is 0.573 e. The topological polar surface area (TPSA) is 9.23 Å². The Morgan fingerprint density at radius 1 is 1.00 bits per heavy atom. The molecule has 0 heterocycles. The summed E-state index contributed by atoms with van der Waals surface area (Å²) in [4.78, 5) is 0. The van der Waals surface area contributed by atoms with Gasteiger partial charge < -0.3 is 4.74 Å². The Kier molecular flexibility index (Phi) is 3.71. The van der Waals surface area contributed by atoms with E-state index in [0.717, 1.165) is 5.56 Å². The Bertz CT molecular complexity index is 593. The lowest BCUT2D eigenvalue weighted by molar-refractivity contribution is -0.274. The van der Waals surface area contributed by atoms with Crippen LogP contribution in [0.1, 0.15) is 5.56 Å². The van der Waals surface area contributed by atoms with Gasteiger partial charge in [0.2, 0.25) is 0 Å². The van der Waals surface area contributed by atoms with Crippen molar-refractivity contribution in [2.45, 2.75) is 13.3 Å². The molecule has 0 bridgehead atoms. The number of alkyl halides is 3. The average molecular weight is 287 g/mol. The van der Waals surface area contributed by atoms with Gasteiger partial charge in [0, 0.05) is 10.6 Å². The highest BCUT2D eigenvalue weighted by atomic mass is 35.5. The second-order valence-electron chi connectivity index (χ2n) is 4.00. The highest BCUT2D eigenvalue weighted by molar-refractivity contribution is 6.30. The van der Waals surface area contributed by atoms with E-state index in [0.29, 0.717) is 16.1 Å². The summed E-state index contributed by atoms with van der Waals surface area (Å²) in [5.74, 6) is -0.222. The summed E-state index contributed by atoms with van der Waals surface area (Å²) >= 11 is 5.84.